The Morgan fingerprint density at radius 3 is 2.61 bits per heavy atom. The van der Waals surface area contributed by atoms with Crippen molar-refractivity contribution in [3.8, 4) is 11.5 Å². The van der Waals surface area contributed by atoms with Crippen molar-refractivity contribution in [1.82, 2.24) is 9.97 Å². The maximum absolute atomic E-state index is 12.6. The van der Waals surface area contributed by atoms with Crippen LogP contribution in [0.3, 0.4) is 0 Å². The molecular weight excluding hydrogens is 381 g/mol. The fourth-order valence-electron chi connectivity index (χ4n) is 1.74. The predicted octanol–water partition coefficient (Wildman–Crippen LogP) is 3.44. The van der Waals surface area contributed by atoms with Gasteiger partial charge in [-0.3, -0.25) is 0 Å². The summed E-state index contributed by atoms with van der Waals surface area (Å²) in [5.41, 5.74) is -1.89. The Morgan fingerprint density at radius 1 is 1.30 bits per heavy atom. The molecule has 122 valence electrons. The van der Waals surface area contributed by atoms with Crippen LogP contribution in [-0.2, 0) is 6.18 Å². The molecular formula is C14H10BrF3N2O3. The summed E-state index contributed by atoms with van der Waals surface area (Å²) in [5, 5.41) is 9.69. The summed E-state index contributed by atoms with van der Waals surface area (Å²) >= 11 is 3.13. The summed E-state index contributed by atoms with van der Waals surface area (Å²) < 4.78 is 43.2. The van der Waals surface area contributed by atoms with Gasteiger partial charge in [0.15, 0.2) is 11.5 Å². The average Bonchev–Trinajstić information content (AvgIpc) is 2.47. The number of hydrogen-bond acceptors (Lipinski definition) is 4. The monoisotopic (exact) mass is 390 g/mol. The maximum atomic E-state index is 12.6. The molecule has 0 fully saturated rings. The molecule has 0 aliphatic heterocycles. The summed E-state index contributed by atoms with van der Waals surface area (Å²) in [7, 11) is 1.36. The Morgan fingerprint density at radius 2 is 2.00 bits per heavy atom. The first-order valence-corrected chi connectivity index (χ1v) is 6.93. The molecule has 2 aromatic rings. The van der Waals surface area contributed by atoms with Gasteiger partial charge in [0.25, 0.3) is 0 Å². The number of aromatic amines is 1. The summed E-state index contributed by atoms with van der Waals surface area (Å²) in [5.74, 6) is 0.0900. The SMILES string of the molecule is COc1cc(C=Cc2cc(C(F)(F)F)[nH]c(=O)n2)cc(Br)c1O. The van der Waals surface area contributed by atoms with Crippen LogP contribution >= 0.6 is 15.9 Å². The highest BCUT2D eigenvalue weighted by Gasteiger charge is 2.32. The van der Waals surface area contributed by atoms with Crippen LogP contribution in [0.5, 0.6) is 11.5 Å². The Bertz CT molecular complexity index is 816. The minimum Gasteiger partial charge on any atom is -0.503 e. The number of phenols is 1. The number of nitrogens with one attached hydrogen (secondary N) is 1. The third-order valence-electron chi connectivity index (χ3n) is 2.79. The van der Waals surface area contributed by atoms with Crippen molar-refractivity contribution in [2.24, 2.45) is 0 Å². The van der Waals surface area contributed by atoms with Crippen LogP contribution in [0.25, 0.3) is 12.2 Å². The van der Waals surface area contributed by atoms with Gasteiger partial charge in [0.2, 0.25) is 0 Å². The predicted molar refractivity (Wildman–Crippen MR) is 81.1 cm³/mol. The molecule has 9 heteroatoms. The van der Waals surface area contributed by atoms with Crippen molar-refractivity contribution in [2.75, 3.05) is 7.11 Å². The van der Waals surface area contributed by atoms with Gasteiger partial charge in [0, 0.05) is 0 Å². The minimum atomic E-state index is -4.67. The number of H-pyrrole nitrogens is 1. The molecule has 23 heavy (non-hydrogen) atoms. The van der Waals surface area contributed by atoms with Crippen molar-refractivity contribution < 1.29 is 23.0 Å². The lowest BCUT2D eigenvalue weighted by Crippen LogP contribution is -2.19. The number of halogens is 4. The van der Waals surface area contributed by atoms with E-state index in [0.29, 0.717) is 10.0 Å². The molecule has 0 saturated carbocycles. The van der Waals surface area contributed by atoms with Crippen molar-refractivity contribution in [1.29, 1.82) is 0 Å². The first kappa shape index (κ1) is 17.1. The second kappa shape index (κ2) is 6.45. The van der Waals surface area contributed by atoms with E-state index < -0.39 is 17.6 Å². The van der Waals surface area contributed by atoms with E-state index in [4.69, 9.17) is 4.74 Å². The van der Waals surface area contributed by atoms with E-state index >= 15 is 0 Å². The number of phenolic OH excluding ortho intramolecular Hbond substituents is 1. The molecule has 0 spiro atoms. The van der Waals surface area contributed by atoms with Gasteiger partial charge in [0.1, 0.15) is 5.69 Å². The standard InChI is InChI=1S/C14H10BrF3N2O3/c1-23-10-5-7(4-9(15)12(10)21)2-3-8-6-11(14(16,17)18)20-13(22)19-8/h2-6,21H,1H3,(H,19,20,22). The molecule has 2 rings (SSSR count). The smallest absolute Gasteiger partial charge is 0.431 e. The molecule has 0 saturated heterocycles. The quantitative estimate of drug-likeness (QED) is 0.841. The van der Waals surface area contributed by atoms with Crippen LogP contribution in [0.2, 0.25) is 0 Å². The average molecular weight is 391 g/mol. The van der Waals surface area contributed by atoms with E-state index in [0.717, 1.165) is 6.07 Å². The Labute approximate surface area is 136 Å². The third kappa shape index (κ3) is 4.13. The number of benzene rings is 1. The molecule has 0 aliphatic rings. The number of alkyl halides is 3. The highest BCUT2D eigenvalue weighted by Crippen LogP contribution is 2.35. The van der Waals surface area contributed by atoms with Gasteiger partial charge in [0.05, 0.1) is 17.3 Å². The Kier molecular flexibility index (Phi) is 4.79. The molecule has 2 N–H and O–H groups in total. The molecule has 1 aromatic heterocycles. The van der Waals surface area contributed by atoms with Crippen molar-refractivity contribution >= 4 is 28.1 Å². The third-order valence-corrected chi connectivity index (χ3v) is 3.39. The van der Waals surface area contributed by atoms with Gasteiger partial charge in [-0.25, -0.2) is 4.79 Å². The Hall–Kier alpha value is -2.29. The van der Waals surface area contributed by atoms with Gasteiger partial charge < -0.3 is 14.8 Å². The fraction of sp³-hybridized carbons (Fsp3) is 0.143. The zero-order valence-corrected chi connectivity index (χ0v) is 13.2. The highest BCUT2D eigenvalue weighted by atomic mass is 79.9. The first-order valence-electron chi connectivity index (χ1n) is 6.14. The van der Waals surface area contributed by atoms with E-state index in [9.17, 15) is 23.1 Å². The summed E-state index contributed by atoms with van der Waals surface area (Å²) in [6.07, 6.45) is -1.98. The minimum absolute atomic E-state index is 0.0988. The molecule has 0 radical (unpaired) electrons. The lowest BCUT2D eigenvalue weighted by Gasteiger charge is -2.07. The van der Waals surface area contributed by atoms with E-state index in [-0.39, 0.29) is 17.2 Å². The Balaban J connectivity index is 2.40. The summed E-state index contributed by atoms with van der Waals surface area (Å²) in [6.45, 7) is 0. The van der Waals surface area contributed by atoms with E-state index in [2.05, 4.69) is 20.9 Å². The van der Waals surface area contributed by atoms with Crippen LogP contribution in [0, 0.1) is 0 Å². The number of methoxy groups -OCH3 is 1. The lowest BCUT2D eigenvalue weighted by molar-refractivity contribution is -0.141. The van der Waals surface area contributed by atoms with E-state index in [1.807, 2.05) is 0 Å². The van der Waals surface area contributed by atoms with Crippen LogP contribution < -0.4 is 10.4 Å². The second-order valence-electron chi connectivity index (χ2n) is 4.41. The molecule has 0 atom stereocenters. The van der Waals surface area contributed by atoms with Gasteiger partial charge in [-0.15, -0.1) is 0 Å². The normalized spacial score (nSPS) is 11.9. The maximum Gasteiger partial charge on any atom is 0.431 e. The lowest BCUT2D eigenvalue weighted by atomic mass is 10.1. The number of hydrogen-bond donors (Lipinski definition) is 2. The first-order chi connectivity index (χ1) is 10.7. The number of aromatic hydroxyl groups is 1. The topological polar surface area (TPSA) is 75.2 Å². The van der Waals surface area contributed by atoms with E-state index in [1.165, 1.54) is 31.4 Å². The van der Waals surface area contributed by atoms with Gasteiger partial charge >= 0.3 is 11.9 Å². The fourth-order valence-corrected chi connectivity index (χ4v) is 2.20. The highest BCUT2D eigenvalue weighted by molar-refractivity contribution is 9.10. The molecule has 0 aliphatic carbocycles. The summed E-state index contributed by atoms with van der Waals surface area (Å²) in [4.78, 5) is 16.3. The summed E-state index contributed by atoms with van der Waals surface area (Å²) in [6, 6.07) is 3.74. The van der Waals surface area contributed by atoms with E-state index in [1.54, 1.807) is 4.98 Å². The number of ether oxygens (including phenoxy) is 1. The molecule has 0 bridgehead atoms. The molecule has 1 aromatic carbocycles. The van der Waals surface area contributed by atoms with Crippen LogP contribution in [-0.4, -0.2) is 22.2 Å². The van der Waals surface area contributed by atoms with Gasteiger partial charge in [-0.2, -0.15) is 18.2 Å². The van der Waals surface area contributed by atoms with Gasteiger partial charge in [-0.05, 0) is 45.8 Å². The largest absolute Gasteiger partial charge is 0.503 e. The van der Waals surface area contributed by atoms with Crippen LogP contribution in [0.15, 0.2) is 27.5 Å². The zero-order chi connectivity index (χ0) is 17.2. The van der Waals surface area contributed by atoms with Crippen LogP contribution in [0.1, 0.15) is 17.0 Å². The number of rotatable bonds is 3. The van der Waals surface area contributed by atoms with Crippen molar-refractivity contribution in [3.05, 3.63) is 50.1 Å². The number of nitrogens with zero attached hydrogens (tertiary/aromatic N) is 1. The molecule has 1 heterocycles. The molecule has 0 amide bonds. The van der Waals surface area contributed by atoms with Crippen molar-refractivity contribution in [3.63, 3.8) is 0 Å². The van der Waals surface area contributed by atoms with Crippen LogP contribution in [0.4, 0.5) is 13.2 Å². The zero-order valence-electron chi connectivity index (χ0n) is 11.6. The van der Waals surface area contributed by atoms with Crippen molar-refractivity contribution in [2.45, 2.75) is 6.18 Å². The number of aromatic nitrogens is 2. The molecule has 5 nitrogen and oxygen atoms in total. The second-order valence-corrected chi connectivity index (χ2v) is 5.26. The van der Waals surface area contributed by atoms with Gasteiger partial charge in [-0.1, -0.05) is 6.08 Å². The molecule has 0 unspecified atom stereocenters.